The molecular weight excluding hydrogens is 376 g/mol. The van der Waals surface area contributed by atoms with E-state index in [4.69, 9.17) is 17.0 Å². The summed E-state index contributed by atoms with van der Waals surface area (Å²) in [4.78, 5) is 11.8. The number of anilines is 1. The van der Waals surface area contributed by atoms with E-state index in [1.54, 1.807) is 13.2 Å². The van der Waals surface area contributed by atoms with E-state index in [9.17, 15) is 4.79 Å². The molecule has 2 rings (SSSR count). The van der Waals surface area contributed by atoms with E-state index in [0.717, 1.165) is 21.5 Å². The molecule has 0 aromatic heterocycles. The maximum atomic E-state index is 11.8. The van der Waals surface area contributed by atoms with Crippen molar-refractivity contribution in [2.24, 2.45) is 0 Å². The number of nitrogens with one attached hydrogen (secondary N) is 2. The zero-order valence-corrected chi connectivity index (χ0v) is 14.8. The molecule has 0 aliphatic carbocycles. The second-order valence-corrected chi connectivity index (χ2v) is 5.88. The molecular formula is C17H15BrN2O2S. The molecule has 0 atom stereocenters. The summed E-state index contributed by atoms with van der Waals surface area (Å²) in [5.41, 5.74) is 1.70. The van der Waals surface area contributed by atoms with Crippen molar-refractivity contribution >= 4 is 50.9 Å². The lowest BCUT2D eigenvalue weighted by atomic mass is 10.2. The van der Waals surface area contributed by atoms with Crippen molar-refractivity contribution in [1.29, 1.82) is 0 Å². The average molecular weight is 391 g/mol. The summed E-state index contributed by atoms with van der Waals surface area (Å²) in [5, 5.41) is 5.78. The second kappa shape index (κ2) is 8.45. The number of amides is 1. The van der Waals surface area contributed by atoms with Gasteiger partial charge in [0.15, 0.2) is 5.11 Å². The molecule has 0 heterocycles. The van der Waals surface area contributed by atoms with E-state index in [-0.39, 0.29) is 11.0 Å². The van der Waals surface area contributed by atoms with Crippen molar-refractivity contribution in [2.75, 3.05) is 12.4 Å². The van der Waals surface area contributed by atoms with Gasteiger partial charge in [0.05, 0.1) is 7.11 Å². The maximum absolute atomic E-state index is 11.8. The van der Waals surface area contributed by atoms with Gasteiger partial charge in [-0.25, -0.2) is 0 Å². The fourth-order valence-corrected chi connectivity index (χ4v) is 2.22. The number of hydrogen-bond donors (Lipinski definition) is 2. The topological polar surface area (TPSA) is 50.4 Å². The molecule has 118 valence electrons. The minimum absolute atomic E-state index is 0.247. The van der Waals surface area contributed by atoms with Crippen molar-refractivity contribution < 1.29 is 9.53 Å². The monoisotopic (exact) mass is 390 g/mol. The SMILES string of the molecule is COc1ccc(C=CC(=O)NC(=S)Nc2ccc(Br)cc2)cc1. The summed E-state index contributed by atoms with van der Waals surface area (Å²) in [6.45, 7) is 0. The van der Waals surface area contributed by atoms with Crippen molar-refractivity contribution in [3.05, 3.63) is 64.6 Å². The highest BCUT2D eigenvalue weighted by Crippen LogP contribution is 2.14. The van der Waals surface area contributed by atoms with Gasteiger partial charge in [0.1, 0.15) is 5.75 Å². The number of carbonyl (C=O) groups excluding carboxylic acids is 1. The van der Waals surface area contributed by atoms with Gasteiger partial charge in [0, 0.05) is 16.2 Å². The minimum atomic E-state index is -0.296. The second-order valence-electron chi connectivity index (χ2n) is 4.56. The molecule has 0 aliphatic rings. The molecule has 6 heteroatoms. The predicted octanol–water partition coefficient (Wildman–Crippen LogP) is 3.98. The van der Waals surface area contributed by atoms with E-state index >= 15 is 0 Å². The molecule has 0 spiro atoms. The average Bonchev–Trinajstić information content (AvgIpc) is 2.55. The Hall–Kier alpha value is -2.18. The Labute approximate surface area is 148 Å². The first kappa shape index (κ1) is 17.2. The van der Waals surface area contributed by atoms with Gasteiger partial charge in [-0.3, -0.25) is 10.1 Å². The predicted molar refractivity (Wildman–Crippen MR) is 101 cm³/mol. The number of thiocarbonyl (C=S) groups is 1. The summed E-state index contributed by atoms with van der Waals surface area (Å²) >= 11 is 8.46. The number of halogens is 1. The number of benzene rings is 2. The van der Waals surface area contributed by atoms with Crippen LogP contribution in [-0.2, 0) is 4.79 Å². The van der Waals surface area contributed by atoms with Crippen LogP contribution in [0, 0.1) is 0 Å². The molecule has 0 bridgehead atoms. The first-order chi connectivity index (χ1) is 11.1. The van der Waals surface area contributed by atoms with Gasteiger partial charge in [-0.15, -0.1) is 0 Å². The van der Waals surface area contributed by atoms with Crippen molar-refractivity contribution in [3.8, 4) is 5.75 Å². The van der Waals surface area contributed by atoms with E-state index in [1.165, 1.54) is 6.08 Å². The molecule has 0 unspecified atom stereocenters. The number of hydrogen-bond acceptors (Lipinski definition) is 3. The van der Waals surface area contributed by atoms with Crippen LogP contribution < -0.4 is 15.4 Å². The van der Waals surface area contributed by atoms with Gasteiger partial charge in [0.25, 0.3) is 0 Å². The fourth-order valence-electron chi connectivity index (χ4n) is 1.74. The molecule has 0 saturated carbocycles. The summed E-state index contributed by atoms with van der Waals surface area (Å²) in [6.07, 6.45) is 3.13. The van der Waals surface area contributed by atoms with Crippen LogP contribution in [0.1, 0.15) is 5.56 Å². The van der Waals surface area contributed by atoms with Crippen LogP contribution in [-0.4, -0.2) is 18.1 Å². The van der Waals surface area contributed by atoms with Crippen molar-refractivity contribution in [1.82, 2.24) is 5.32 Å². The third-order valence-corrected chi connectivity index (χ3v) is 3.61. The zero-order chi connectivity index (χ0) is 16.7. The lowest BCUT2D eigenvalue weighted by Gasteiger charge is -2.08. The van der Waals surface area contributed by atoms with Crippen LogP contribution in [0.4, 0.5) is 5.69 Å². The Morgan fingerprint density at radius 1 is 1.13 bits per heavy atom. The third-order valence-electron chi connectivity index (χ3n) is 2.88. The largest absolute Gasteiger partial charge is 0.497 e. The Morgan fingerprint density at radius 2 is 1.78 bits per heavy atom. The van der Waals surface area contributed by atoms with Gasteiger partial charge in [-0.2, -0.15) is 0 Å². The normalized spacial score (nSPS) is 10.3. The van der Waals surface area contributed by atoms with Crippen LogP contribution >= 0.6 is 28.1 Å². The highest BCUT2D eigenvalue weighted by molar-refractivity contribution is 9.10. The Kier molecular flexibility index (Phi) is 6.31. The number of ether oxygens (including phenoxy) is 1. The number of rotatable bonds is 4. The minimum Gasteiger partial charge on any atom is -0.497 e. The number of methoxy groups -OCH3 is 1. The van der Waals surface area contributed by atoms with E-state index < -0.39 is 0 Å². The van der Waals surface area contributed by atoms with Gasteiger partial charge in [-0.05, 0) is 60.3 Å². The molecule has 2 N–H and O–H groups in total. The smallest absolute Gasteiger partial charge is 0.250 e. The molecule has 0 fully saturated rings. The first-order valence-electron chi connectivity index (χ1n) is 6.76. The molecule has 2 aromatic carbocycles. The fraction of sp³-hybridized carbons (Fsp3) is 0.0588. The summed E-state index contributed by atoms with van der Waals surface area (Å²) in [7, 11) is 1.61. The van der Waals surface area contributed by atoms with Crippen LogP contribution in [0.25, 0.3) is 6.08 Å². The Bertz CT molecular complexity index is 712. The molecule has 0 radical (unpaired) electrons. The van der Waals surface area contributed by atoms with Crippen LogP contribution in [0.5, 0.6) is 5.75 Å². The molecule has 0 saturated heterocycles. The zero-order valence-electron chi connectivity index (χ0n) is 12.4. The molecule has 1 amide bonds. The highest BCUT2D eigenvalue weighted by atomic mass is 79.9. The lowest BCUT2D eigenvalue weighted by molar-refractivity contribution is -0.115. The van der Waals surface area contributed by atoms with Gasteiger partial charge >= 0.3 is 0 Å². The quantitative estimate of drug-likeness (QED) is 0.612. The summed E-state index contributed by atoms with van der Waals surface area (Å²) in [5.74, 6) is 0.474. The van der Waals surface area contributed by atoms with Crippen LogP contribution in [0.2, 0.25) is 0 Å². The molecule has 23 heavy (non-hydrogen) atoms. The van der Waals surface area contributed by atoms with Crippen molar-refractivity contribution in [3.63, 3.8) is 0 Å². The van der Waals surface area contributed by atoms with Crippen molar-refractivity contribution in [2.45, 2.75) is 0 Å². The maximum Gasteiger partial charge on any atom is 0.250 e. The molecule has 2 aromatic rings. The summed E-state index contributed by atoms with van der Waals surface area (Å²) in [6, 6.07) is 14.9. The molecule has 4 nitrogen and oxygen atoms in total. The first-order valence-corrected chi connectivity index (χ1v) is 7.96. The van der Waals surface area contributed by atoms with Crippen LogP contribution in [0.3, 0.4) is 0 Å². The van der Waals surface area contributed by atoms with Crippen LogP contribution in [0.15, 0.2) is 59.1 Å². The van der Waals surface area contributed by atoms with Gasteiger partial charge in [-0.1, -0.05) is 28.1 Å². The van der Waals surface area contributed by atoms with E-state index in [1.807, 2.05) is 48.5 Å². The lowest BCUT2D eigenvalue weighted by Crippen LogP contribution is -2.32. The Balaban J connectivity index is 1.86. The van der Waals surface area contributed by atoms with Gasteiger partial charge < -0.3 is 10.1 Å². The third kappa shape index (κ3) is 5.84. The number of carbonyl (C=O) groups is 1. The Morgan fingerprint density at radius 3 is 2.39 bits per heavy atom. The van der Waals surface area contributed by atoms with E-state index in [0.29, 0.717) is 0 Å². The van der Waals surface area contributed by atoms with E-state index in [2.05, 4.69) is 26.6 Å². The molecule has 0 aliphatic heterocycles. The standard InChI is InChI=1S/C17H15BrN2O2S/c1-22-15-9-2-12(3-10-15)4-11-16(21)20-17(23)19-14-7-5-13(18)6-8-14/h2-11H,1H3,(H2,19,20,21,23). The highest BCUT2D eigenvalue weighted by Gasteiger charge is 2.01. The van der Waals surface area contributed by atoms with Gasteiger partial charge in [0.2, 0.25) is 5.91 Å². The summed E-state index contributed by atoms with van der Waals surface area (Å²) < 4.78 is 6.05.